The van der Waals surface area contributed by atoms with Crippen LogP contribution in [-0.4, -0.2) is 24.0 Å². The van der Waals surface area contributed by atoms with Crippen LogP contribution in [0.4, 0.5) is 0 Å². The number of rotatable bonds is 5. The fourth-order valence-electron chi connectivity index (χ4n) is 2.97. The maximum atomic E-state index is 5.68. The van der Waals surface area contributed by atoms with E-state index in [1.807, 2.05) is 0 Å². The van der Waals surface area contributed by atoms with Crippen LogP contribution in [0, 0.1) is 5.92 Å². The van der Waals surface area contributed by atoms with Crippen molar-refractivity contribution < 1.29 is 0 Å². The zero-order valence-corrected chi connectivity index (χ0v) is 10.8. The molecule has 2 rings (SSSR count). The monoisotopic (exact) mass is 232 g/mol. The fraction of sp³-hybridized carbons (Fsp3) is 0.600. The highest BCUT2D eigenvalue weighted by Crippen LogP contribution is 2.27. The van der Waals surface area contributed by atoms with Gasteiger partial charge in [-0.05, 0) is 43.8 Å². The van der Waals surface area contributed by atoms with Crippen LogP contribution in [0.25, 0.3) is 0 Å². The predicted molar refractivity (Wildman–Crippen MR) is 72.7 cm³/mol. The van der Waals surface area contributed by atoms with Crippen LogP contribution < -0.4 is 5.73 Å². The summed E-state index contributed by atoms with van der Waals surface area (Å²) in [5, 5.41) is 0. The average Bonchev–Trinajstić information content (AvgIpc) is 2.79. The van der Waals surface area contributed by atoms with Crippen LogP contribution in [0.3, 0.4) is 0 Å². The first-order valence-electron chi connectivity index (χ1n) is 6.79. The molecule has 17 heavy (non-hydrogen) atoms. The predicted octanol–water partition coefficient (Wildman–Crippen LogP) is 2.64. The first-order valence-corrected chi connectivity index (χ1v) is 6.79. The Balaban J connectivity index is 1.95. The molecule has 0 bridgehead atoms. The Kier molecular flexibility index (Phi) is 4.57. The van der Waals surface area contributed by atoms with E-state index in [1.54, 1.807) is 0 Å². The summed E-state index contributed by atoms with van der Waals surface area (Å²) in [4.78, 5) is 2.63. The number of hydrogen-bond donors (Lipinski definition) is 1. The molecule has 2 unspecified atom stereocenters. The van der Waals surface area contributed by atoms with E-state index in [0.717, 1.165) is 31.5 Å². The molecule has 1 fully saturated rings. The number of likely N-dealkylation sites (tertiary alicyclic amines) is 1. The molecule has 2 atom stereocenters. The van der Waals surface area contributed by atoms with Gasteiger partial charge in [0, 0.05) is 12.6 Å². The van der Waals surface area contributed by atoms with E-state index in [1.165, 1.54) is 24.9 Å². The number of nitrogens with zero attached hydrogens (tertiary/aromatic N) is 1. The Morgan fingerprint density at radius 2 is 2.12 bits per heavy atom. The van der Waals surface area contributed by atoms with Crippen molar-refractivity contribution in [3.63, 3.8) is 0 Å². The molecule has 0 aromatic heterocycles. The highest BCUT2D eigenvalue weighted by molar-refractivity contribution is 5.14. The Labute approximate surface area is 105 Å². The van der Waals surface area contributed by atoms with Gasteiger partial charge in [-0.1, -0.05) is 37.3 Å². The van der Waals surface area contributed by atoms with Gasteiger partial charge in [-0.3, -0.25) is 4.90 Å². The molecule has 1 heterocycles. The molecule has 1 aromatic rings. The molecule has 94 valence electrons. The van der Waals surface area contributed by atoms with E-state index in [0.29, 0.717) is 0 Å². The van der Waals surface area contributed by atoms with Crippen LogP contribution >= 0.6 is 0 Å². The van der Waals surface area contributed by atoms with Crippen LogP contribution in [0.5, 0.6) is 0 Å². The Morgan fingerprint density at radius 1 is 1.35 bits per heavy atom. The highest BCUT2D eigenvalue weighted by atomic mass is 15.2. The van der Waals surface area contributed by atoms with E-state index >= 15 is 0 Å². The van der Waals surface area contributed by atoms with Gasteiger partial charge in [0.05, 0.1) is 0 Å². The summed E-state index contributed by atoms with van der Waals surface area (Å²) in [5.41, 5.74) is 7.11. The fourth-order valence-corrected chi connectivity index (χ4v) is 2.97. The molecule has 1 saturated heterocycles. The molecule has 1 aliphatic heterocycles. The van der Waals surface area contributed by atoms with E-state index < -0.39 is 0 Å². The second kappa shape index (κ2) is 6.18. The zero-order valence-electron chi connectivity index (χ0n) is 10.8. The van der Waals surface area contributed by atoms with Gasteiger partial charge in [-0.25, -0.2) is 0 Å². The molecule has 0 spiro atoms. The standard InChI is InChI=1S/C15H24N2/c1-13(9-10-16)15-8-5-11-17(15)12-14-6-3-2-4-7-14/h2-4,6-7,13,15H,5,8-12,16H2,1H3. The average molecular weight is 232 g/mol. The second-order valence-electron chi connectivity index (χ2n) is 5.22. The lowest BCUT2D eigenvalue weighted by Gasteiger charge is -2.29. The van der Waals surface area contributed by atoms with E-state index in [-0.39, 0.29) is 0 Å². The lowest BCUT2D eigenvalue weighted by Crippen LogP contribution is -2.34. The molecule has 0 radical (unpaired) electrons. The van der Waals surface area contributed by atoms with Gasteiger partial charge in [0.1, 0.15) is 0 Å². The molecular weight excluding hydrogens is 208 g/mol. The first kappa shape index (κ1) is 12.6. The molecule has 1 aliphatic rings. The quantitative estimate of drug-likeness (QED) is 0.845. The largest absolute Gasteiger partial charge is 0.330 e. The summed E-state index contributed by atoms with van der Waals surface area (Å²) in [5.74, 6) is 0.728. The summed E-state index contributed by atoms with van der Waals surface area (Å²) < 4.78 is 0. The molecule has 0 amide bonds. The summed E-state index contributed by atoms with van der Waals surface area (Å²) in [7, 11) is 0. The normalized spacial score (nSPS) is 22.8. The smallest absolute Gasteiger partial charge is 0.0236 e. The lowest BCUT2D eigenvalue weighted by atomic mass is 9.96. The van der Waals surface area contributed by atoms with E-state index in [2.05, 4.69) is 42.2 Å². The summed E-state index contributed by atoms with van der Waals surface area (Å²) in [6, 6.07) is 11.5. The third-order valence-corrected chi connectivity index (χ3v) is 3.92. The summed E-state index contributed by atoms with van der Waals surface area (Å²) >= 11 is 0. The Bertz CT molecular complexity index is 323. The van der Waals surface area contributed by atoms with Gasteiger partial charge in [0.2, 0.25) is 0 Å². The summed E-state index contributed by atoms with van der Waals surface area (Å²) in [6.45, 7) is 5.51. The maximum absolute atomic E-state index is 5.68. The van der Waals surface area contributed by atoms with Gasteiger partial charge >= 0.3 is 0 Å². The topological polar surface area (TPSA) is 29.3 Å². The highest BCUT2D eigenvalue weighted by Gasteiger charge is 2.28. The summed E-state index contributed by atoms with van der Waals surface area (Å²) in [6.07, 6.45) is 3.83. The minimum absolute atomic E-state index is 0.728. The number of benzene rings is 1. The zero-order chi connectivity index (χ0) is 12.1. The van der Waals surface area contributed by atoms with Gasteiger partial charge < -0.3 is 5.73 Å². The van der Waals surface area contributed by atoms with Gasteiger partial charge in [0.25, 0.3) is 0 Å². The molecule has 2 nitrogen and oxygen atoms in total. The van der Waals surface area contributed by atoms with Crippen molar-refractivity contribution in [1.29, 1.82) is 0 Å². The Morgan fingerprint density at radius 3 is 2.82 bits per heavy atom. The van der Waals surface area contributed by atoms with Crippen molar-refractivity contribution in [1.82, 2.24) is 4.90 Å². The molecule has 0 aliphatic carbocycles. The van der Waals surface area contributed by atoms with Crippen LogP contribution in [0.2, 0.25) is 0 Å². The van der Waals surface area contributed by atoms with Gasteiger partial charge in [0.15, 0.2) is 0 Å². The van der Waals surface area contributed by atoms with Crippen LogP contribution in [0.1, 0.15) is 31.7 Å². The second-order valence-corrected chi connectivity index (χ2v) is 5.22. The van der Waals surface area contributed by atoms with Gasteiger partial charge in [-0.2, -0.15) is 0 Å². The van der Waals surface area contributed by atoms with Crippen molar-refractivity contribution in [2.24, 2.45) is 11.7 Å². The first-order chi connectivity index (χ1) is 8.31. The van der Waals surface area contributed by atoms with Crippen molar-refractivity contribution in [2.45, 2.75) is 38.8 Å². The van der Waals surface area contributed by atoms with Crippen molar-refractivity contribution in [3.05, 3.63) is 35.9 Å². The minimum atomic E-state index is 0.728. The number of nitrogens with two attached hydrogens (primary N) is 1. The van der Waals surface area contributed by atoms with Gasteiger partial charge in [-0.15, -0.1) is 0 Å². The Hall–Kier alpha value is -0.860. The van der Waals surface area contributed by atoms with E-state index in [4.69, 9.17) is 5.73 Å². The third kappa shape index (κ3) is 3.30. The van der Waals surface area contributed by atoms with E-state index in [9.17, 15) is 0 Å². The molecule has 2 heteroatoms. The lowest BCUT2D eigenvalue weighted by molar-refractivity contribution is 0.185. The molecule has 2 N–H and O–H groups in total. The molecular formula is C15H24N2. The SMILES string of the molecule is CC(CCN)C1CCCN1Cc1ccccc1. The van der Waals surface area contributed by atoms with Crippen molar-refractivity contribution in [2.75, 3.05) is 13.1 Å². The van der Waals surface area contributed by atoms with Crippen LogP contribution in [0.15, 0.2) is 30.3 Å². The molecule has 0 saturated carbocycles. The maximum Gasteiger partial charge on any atom is 0.0236 e. The van der Waals surface area contributed by atoms with Crippen LogP contribution in [-0.2, 0) is 6.54 Å². The van der Waals surface area contributed by atoms with Crippen molar-refractivity contribution in [3.8, 4) is 0 Å². The number of hydrogen-bond acceptors (Lipinski definition) is 2. The minimum Gasteiger partial charge on any atom is -0.330 e. The third-order valence-electron chi connectivity index (χ3n) is 3.92. The molecule has 1 aromatic carbocycles. The van der Waals surface area contributed by atoms with Crippen molar-refractivity contribution >= 4 is 0 Å².